The SMILES string of the molecule is COC(=O)c1ncn(-c2c(Cl)cc(Br)cc2Cl)c1N. The Hall–Kier alpha value is -1.24. The van der Waals surface area contributed by atoms with Crippen molar-refractivity contribution >= 4 is 50.9 Å². The smallest absolute Gasteiger partial charge is 0.360 e. The minimum absolute atomic E-state index is 0.0116. The van der Waals surface area contributed by atoms with Gasteiger partial charge in [0.25, 0.3) is 0 Å². The number of methoxy groups -OCH3 is 1. The standard InChI is InChI=1S/C11H8BrCl2N3O2/c1-19-11(18)8-10(15)17(4-16-8)9-6(13)2-5(12)3-7(9)14/h2-4H,15H2,1H3. The van der Waals surface area contributed by atoms with Gasteiger partial charge in [0.15, 0.2) is 5.69 Å². The minimum Gasteiger partial charge on any atom is -0.464 e. The molecule has 0 aliphatic heterocycles. The zero-order valence-electron chi connectivity index (χ0n) is 9.65. The molecule has 5 nitrogen and oxygen atoms in total. The first-order valence-electron chi connectivity index (χ1n) is 5.01. The molecule has 0 spiro atoms. The number of hydrogen-bond acceptors (Lipinski definition) is 4. The second-order valence-electron chi connectivity index (χ2n) is 3.56. The van der Waals surface area contributed by atoms with E-state index in [9.17, 15) is 4.79 Å². The maximum atomic E-state index is 11.5. The number of imidazole rings is 1. The average molecular weight is 365 g/mol. The third kappa shape index (κ3) is 2.56. The van der Waals surface area contributed by atoms with E-state index >= 15 is 0 Å². The molecule has 0 amide bonds. The molecule has 0 bridgehead atoms. The van der Waals surface area contributed by atoms with E-state index in [1.807, 2.05) is 0 Å². The number of nitrogens with zero attached hydrogens (tertiary/aromatic N) is 2. The molecule has 0 radical (unpaired) electrons. The molecule has 0 aliphatic carbocycles. The largest absolute Gasteiger partial charge is 0.464 e. The van der Waals surface area contributed by atoms with E-state index in [0.717, 1.165) is 4.47 Å². The van der Waals surface area contributed by atoms with Gasteiger partial charge in [0, 0.05) is 4.47 Å². The summed E-state index contributed by atoms with van der Waals surface area (Å²) in [5.41, 5.74) is 6.32. The lowest BCUT2D eigenvalue weighted by molar-refractivity contribution is 0.0596. The van der Waals surface area contributed by atoms with Gasteiger partial charge in [-0.05, 0) is 12.1 Å². The first-order valence-corrected chi connectivity index (χ1v) is 6.56. The Balaban J connectivity index is 2.61. The number of anilines is 1. The van der Waals surface area contributed by atoms with Crippen LogP contribution in [0.1, 0.15) is 10.5 Å². The van der Waals surface area contributed by atoms with Crippen LogP contribution in [-0.2, 0) is 4.74 Å². The summed E-state index contributed by atoms with van der Waals surface area (Å²) >= 11 is 15.5. The first kappa shape index (κ1) is 14.2. The number of ether oxygens (including phenoxy) is 1. The van der Waals surface area contributed by atoms with Crippen LogP contribution in [0.25, 0.3) is 5.69 Å². The number of benzene rings is 1. The van der Waals surface area contributed by atoms with E-state index in [-0.39, 0.29) is 11.5 Å². The monoisotopic (exact) mass is 363 g/mol. The highest BCUT2D eigenvalue weighted by molar-refractivity contribution is 9.10. The summed E-state index contributed by atoms with van der Waals surface area (Å²) in [5, 5.41) is 0.750. The van der Waals surface area contributed by atoms with Crippen LogP contribution >= 0.6 is 39.1 Å². The van der Waals surface area contributed by atoms with Crippen molar-refractivity contribution in [1.29, 1.82) is 0 Å². The fourth-order valence-corrected chi connectivity index (χ4v) is 2.95. The van der Waals surface area contributed by atoms with Gasteiger partial charge in [0.1, 0.15) is 12.1 Å². The van der Waals surface area contributed by atoms with Gasteiger partial charge in [-0.3, -0.25) is 4.57 Å². The molecule has 100 valence electrons. The highest BCUT2D eigenvalue weighted by Crippen LogP contribution is 2.34. The number of nitrogen functional groups attached to an aromatic ring is 1. The molecule has 0 aliphatic rings. The Morgan fingerprint density at radius 1 is 1.42 bits per heavy atom. The zero-order chi connectivity index (χ0) is 14.2. The molecule has 2 N–H and O–H groups in total. The van der Waals surface area contributed by atoms with Crippen molar-refractivity contribution in [3.63, 3.8) is 0 Å². The Morgan fingerprint density at radius 2 is 2.00 bits per heavy atom. The van der Waals surface area contributed by atoms with Gasteiger partial charge in [0.05, 0.1) is 22.8 Å². The predicted octanol–water partition coefficient (Wildman–Crippen LogP) is 3.31. The summed E-state index contributed by atoms with van der Waals surface area (Å²) in [6.07, 6.45) is 1.36. The molecule has 1 aromatic heterocycles. The molecule has 2 rings (SSSR count). The second-order valence-corrected chi connectivity index (χ2v) is 5.29. The Bertz CT molecular complexity index is 634. The van der Waals surface area contributed by atoms with Crippen molar-refractivity contribution in [3.05, 3.63) is 38.7 Å². The summed E-state index contributed by atoms with van der Waals surface area (Å²) in [4.78, 5) is 15.4. The lowest BCUT2D eigenvalue weighted by Crippen LogP contribution is -2.08. The summed E-state index contributed by atoms with van der Waals surface area (Å²) in [6, 6.07) is 3.33. The number of aromatic nitrogens is 2. The van der Waals surface area contributed by atoms with Gasteiger partial charge in [-0.25, -0.2) is 9.78 Å². The van der Waals surface area contributed by atoms with E-state index in [0.29, 0.717) is 15.7 Å². The summed E-state index contributed by atoms with van der Waals surface area (Å²) < 4.78 is 6.75. The van der Waals surface area contributed by atoms with Gasteiger partial charge in [-0.2, -0.15) is 0 Å². The molecular weight excluding hydrogens is 357 g/mol. The van der Waals surface area contributed by atoms with Crippen molar-refractivity contribution in [2.24, 2.45) is 0 Å². The number of halogens is 3. The number of esters is 1. The van der Waals surface area contributed by atoms with Crippen LogP contribution in [0.2, 0.25) is 10.0 Å². The van der Waals surface area contributed by atoms with Crippen LogP contribution in [0.15, 0.2) is 22.9 Å². The van der Waals surface area contributed by atoms with Crippen molar-refractivity contribution in [2.75, 3.05) is 12.8 Å². The second kappa shape index (κ2) is 5.40. The van der Waals surface area contributed by atoms with Gasteiger partial charge < -0.3 is 10.5 Å². The van der Waals surface area contributed by atoms with Crippen molar-refractivity contribution < 1.29 is 9.53 Å². The number of carbonyl (C=O) groups excluding carboxylic acids is 1. The molecule has 0 atom stereocenters. The Labute approximate surface area is 127 Å². The molecular formula is C11H8BrCl2N3O2. The van der Waals surface area contributed by atoms with Gasteiger partial charge in [-0.15, -0.1) is 0 Å². The van der Waals surface area contributed by atoms with Crippen LogP contribution in [0.5, 0.6) is 0 Å². The summed E-state index contributed by atoms with van der Waals surface area (Å²) in [7, 11) is 1.25. The van der Waals surface area contributed by atoms with Gasteiger partial charge in [0.2, 0.25) is 0 Å². The van der Waals surface area contributed by atoms with Crippen LogP contribution in [0.4, 0.5) is 5.82 Å². The molecule has 0 saturated carbocycles. The minimum atomic E-state index is -0.624. The Morgan fingerprint density at radius 3 is 2.53 bits per heavy atom. The van der Waals surface area contributed by atoms with E-state index in [2.05, 4.69) is 25.7 Å². The van der Waals surface area contributed by atoms with E-state index < -0.39 is 5.97 Å². The molecule has 0 fully saturated rings. The third-order valence-corrected chi connectivity index (χ3v) is 3.44. The van der Waals surface area contributed by atoms with Crippen LogP contribution < -0.4 is 5.73 Å². The molecule has 0 unspecified atom stereocenters. The maximum absolute atomic E-state index is 11.5. The highest BCUT2D eigenvalue weighted by atomic mass is 79.9. The average Bonchev–Trinajstić information content (AvgIpc) is 2.69. The number of rotatable bonds is 2. The molecule has 19 heavy (non-hydrogen) atoms. The normalized spacial score (nSPS) is 10.5. The third-order valence-electron chi connectivity index (χ3n) is 2.41. The van der Waals surface area contributed by atoms with Gasteiger partial charge in [-0.1, -0.05) is 39.1 Å². The summed E-state index contributed by atoms with van der Waals surface area (Å²) in [6.45, 7) is 0. The van der Waals surface area contributed by atoms with Gasteiger partial charge >= 0.3 is 5.97 Å². The predicted molar refractivity (Wildman–Crippen MR) is 77.0 cm³/mol. The van der Waals surface area contributed by atoms with Crippen LogP contribution in [-0.4, -0.2) is 22.6 Å². The Kier molecular flexibility index (Phi) is 4.03. The van der Waals surface area contributed by atoms with Crippen molar-refractivity contribution in [3.8, 4) is 5.69 Å². The highest BCUT2D eigenvalue weighted by Gasteiger charge is 2.19. The van der Waals surface area contributed by atoms with Crippen molar-refractivity contribution in [1.82, 2.24) is 9.55 Å². The van der Waals surface area contributed by atoms with E-state index in [4.69, 9.17) is 28.9 Å². The van der Waals surface area contributed by atoms with E-state index in [1.165, 1.54) is 18.0 Å². The molecule has 2 aromatic rings. The quantitative estimate of drug-likeness (QED) is 0.830. The molecule has 1 heterocycles. The molecule has 1 aromatic carbocycles. The maximum Gasteiger partial charge on any atom is 0.360 e. The van der Waals surface area contributed by atoms with Crippen LogP contribution in [0.3, 0.4) is 0 Å². The fourth-order valence-electron chi connectivity index (χ4n) is 1.55. The van der Waals surface area contributed by atoms with Crippen molar-refractivity contribution in [2.45, 2.75) is 0 Å². The molecule has 8 heteroatoms. The fraction of sp³-hybridized carbons (Fsp3) is 0.0909. The zero-order valence-corrected chi connectivity index (χ0v) is 12.8. The summed E-state index contributed by atoms with van der Waals surface area (Å²) in [5.74, 6) is -0.515. The number of hydrogen-bond donors (Lipinski definition) is 1. The number of carbonyl (C=O) groups is 1. The topological polar surface area (TPSA) is 70.1 Å². The first-order chi connectivity index (χ1) is 8.95. The number of nitrogens with two attached hydrogens (primary N) is 1. The molecule has 0 saturated heterocycles. The lowest BCUT2D eigenvalue weighted by Gasteiger charge is -2.10. The lowest BCUT2D eigenvalue weighted by atomic mass is 10.3. The van der Waals surface area contributed by atoms with E-state index in [1.54, 1.807) is 12.1 Å². The van der Waals surface area contributed by atoms with Crippen LogP contribution in [0, 0.1) is 0 Å².